The SMILES string of the molecule is COc1cccc(OC)c1C(=O)N(C)c1ncccc1F. The lowest BCUT2D eigenvalue weighted by Crippen LogP contribution is -2.28. The van der Waals surface area contributed by atoms with Gasteiger partial charge in [0.15, 0.2) is 11.6 Å². The average Bonchev–Trinajstić information content (AvgIpc) is 2.53. The minimum Gasteiger partial charge on any atom is -0.496 e. The van der Waals surface area contributed by atoms with Crippen molar-refractivity contribution in [3.63, 3.8) is 0 Å². The molecule has 0 fully saturated rings. The van der Waals surface area contributed by atoms with Crippen molar-refractivity contribution in [2.24, 2.45) is 0 Å². The number of halogens is 1. The molecule has 2 rings (SSSR count). The highest BCUT2D eigenvalue weighted by atomic mass is 19.1. The molecule has 21 heavy (non-hydrogen) atoms. The molecule has 0 saturated heterocycles. The average molecular weight is 290 g/mol. The van der Waals surface area contributed by atoms with Gasteiger partial charge >= 0.3 is 0 Å². The smallest absolute Gasteiger partial charge is 0.266 e. The molecule has 5 nitrogen and oxygen atoms in total. The predicted molar refractivity (Wildman–Crippen MR) is 76.5 cm³/mol. The molecule has 0 spiro atoms. The van der Waals surface area contributed by atoms with E-state index in [2.05, 4.69) is 4.98 Å². The van der Waals surface area contributed by atoms with Gasteiger partial charge in [-0.1, -0.05) is 6.07 Å². The number of nitrogens with zero attached hydrogens (tertiary/aromatic N) is 2. The Balaban J connectivity index is 2.47. The predicted octanol–water partition coefficient (Wildman–Crippen LogP) is 2.51. The maximum absolute atomic E-state index is 13.8. The number of methoxy groups -OCH3 is 2. The molecule has 0 N–H and O–H groups in total. The summed E-state index contributed by atoms with van der Waals surface area (Å²) in [6.07, 6.45) is 1.42. The van der Waals surface area contributed by atoms with Crippen LogP contribution in [0.4, 0.5) is 10.2 Å². The first-order chi connectivity index (χ1) is 10.1. The Labute approximate surface area is 121 Å². The van der Waals surface area contributed by atoms with Crippen molar-refractivity contribution in [1.82, 2.24) is 4.98 Å². The topological polar surface area (TPSA) is 51.7 Å². The quantitative estimate of drug-likeness (QED) is 0.868. The van der Waals surface area contributed by atoms with Gasteiger partial charge in [0, 0.05) is 13.2 Å². The van der Waals surface area contributed by atoms with Gasteiger partial charge < -0.3 is 9.47 Å². The van der Waals surface area contributed by atoms with Crippen LogP contribution in [0.1, 0.15) is 10.4 Å². The molecule has 0 aliphatic carbocycles. The summed E-state index contributed by atoms with van der Waals surface area (Å²) in [5, 5.41) is 0. The highest BCUT2D eigenvalue weighted by molar-refractivity contribution is 6.09. The van der Waals surface area contributed by atoms with E-state index in [9.17, 15) is 9.18 Å². The zero-order valence-corrected chi connectivity index (χ0v) is 12.0. The number of hydrogen-bond donors (Lipinski definition) is 0. The number of benzene rings is 1. The van der Waals surface area contributed by atoms with Gasteiger partial charge in [0.25, 0.3) is 5.91 Å². The summed E-state index contributed by atoms with van der Waals surface area (Å²) in [5.41, 5.74) is 0.218. The first kappa shape index (κ1) is 14.8. The van der Waals surface area contributed by atoms with Gasteiger partial charge in [-0.25, -0.2) is 9.37 Å². The molecule has 110 valence electrons. The summed E-state index contributed by atoms with van der Waals surface area (Å²) < 4.78 is 24.1. The third-order valence-corrected chi connectivity index (χ3v) is 3.00. The molecule has 0 saturated carbocycles. The van der Waals surface area contributed by atoms with E-state index in [1.54, 1.807) is 18.2 Å². The number of pyridine rings is 1. The second-order valence-electron chi connectivity index (χ2n) is 4.21. The molecule has 1 aromatic heterocycles. The summed E-state index contributed by atoms with van der Waals surface area (Å²) in [6.45, 7) is 0. The molecular formula is C15H15FN2O3. The van der Waals surface area contributed by atoms with E-state index in [-0.39, 0.29) is 11.4 Å². The van der Waals surface area contributed by atoms with Crippen LogP contribution in [0.3, 0.4) is 0 Å². The van der Waals surface area contributed by atoms with Crippen LogP contribution in [0, 0.1) is 5.82 Å². The second kappa shape index (κ2) is 6.21. The van der Waals surface area contributed by atoms with E-state index in [1.807, 2.05) is 0 Å². The summed E-state index contributed by atoms with van der Waals surface area (Å²) in [6, 6.07) is 7.68. The van der Waals surface area contributed by atoms with Gasteiger partial charge in [-0.15, -0.1) is 0 Å². The van der Waals surface area contributed by atoms with Crippen molar-refractivity contribution in [2.45, 2.75) is 0 Å². The Morgan fingerprint density at radius 3 is 2.29 bits per heavy atom. The fourth-order valence-electron chi connectivity index (χ4n) is 1.95. The van der Waals surface area contributed by atoms with Crippen LogP contribution in [-0.4, -0.2) is 32.2 Å². The van der Waals surface area contributed by atoms with Crippen LogP contribution in [0.25, 0.3) is 0 Å². The number of carbonyl (C=O) groups is 1. The molecule has 1 amide bonds. The summed E-state index contributed by atoms with van der Waals surface area (Å²) >= 11 is 0. The van der Waals surface area contributed by atoms with Gasteiger partial charge in [-0.2, -0.15) is 0 Å². The van der Waals surface area contributed by atoms with Crippen LogP contribution in [0.15, 0.2) is 36.5 Å². The lowest BCUT2D eigenvalue weighted by atomic mass is 10.1. The van der Waals surface area contributed by atoms with E-state index in [0.29, 0.717) is 11.5 Å². The van der Waals surface area contributed by atoms with Crippen LogP contribution in [0.5, 0.6) is 11.5 Å². The lowest BCUT2D eigenvalue weighted by molar-refractivity contribution is 0.0985. The number of ether oxygens (including phenoxy) is 2. The molecule has 0 unspecified atom stereocenters. The van der Waals surface area contributed by atoms with Crippen molar-refractivity contribution in [3.8, 4) is 11.5 Å². The summed E-state index contributed by atoms with van der Waals surface area (Å²) in [4.78, 5) is 17.6. The van der Waals surface area contributed by atoms with Crippen LogP contribution in [0.2, 0.25) is 0 Å². The Morgan fingerprint density at radius 2 is 1.76 bits per heavy atom. The van der Waals surface area contributed by atoms with E-state index in [4.69, 9.17) is 9.47 Å². The number of anilines is 1. The third-order valence-electron chi connectivity index (χ3n) is 3.00. The van der Waals surface area contributed by atoms with Crippen molar-refractivity contribution in [2.75, 3.05) is 26.2 Å². The highest BCUT2D eigenvalue weighted by Crippen LogP contribution is 2.30. The maximum atomic E-state index is 13.8. The summed E-state index contributed by atoms with van der Waals surface area (Å²) in [7, 11) is 4.35. The van der Waals surface area contributed by atoms with Crippen LogP contribution < -0.4 is 14.4 Å². The largest absolute Gasteiger partial charge is 0.496 e. The van der Waals surface area contributed by atoms with E-state index in [0.717, 1.165) is 4.90 Å². The molecule has 1 aromatic carbocycles. The third kappa shape index (κ3) is 2.79. The molecular weight excluding hydrogens is 275 g/mol. The molecule has 0 bridgehead atoms. The zero-order valence-electron chi connectivity index (χ0n) is 12.0. The van der Waals surface area contributed by atoms with Gasteiger partial charge in [0.2, 0.25) is 0 Å². The van der Waals surface area contributed by atoms with Crippen molar-refractivity contribution in [3.05, 3.63) is 47.9 Å². The molecule has 1 heterocycles. The van der Waals surface area contributed by atoms with Crippen molar-refractivity contribution >= 4 is 11.7 Å². The van der Waals surface area contributed by atoms with Crippen LogP contribution >= 0.6 is 0 Å². The fraction of sp³-hybridized carbons (Fsp3) is 0.200. The normalized spacial score (nSPS) is 10.1. The number of rotatable bonds is 4. The van der Waals surface area contributed by atoms with Crippen LogP contribution in [-0.2, 0) is 0 Å². The number of hydrogen-bond acceptors (Lipinski definition) is 4. The molecule has 0 aliphatic heterocycles. The monoisotopic (exact) mass is 290 g/mol. The van der Waals surface area contributed by atoms with E-state index >= 15 is 0 Å². The fourth-order valence-corrected chi connectivity index (χ4v) is 1.95. The zero-order chi connectivity index (χ0) is 15.4. The number of carbonyl (C=O) groups excluding carboxylic acids is 1. The lowest BCUT2D eigenvalue weighted by Gasteiger charge is -2.19. The first-order valence-electron chi connectivity index (χ1n) is 6.19. The van der Waals surface area contributed by atoms with Gasteiger partial charge in [0.05, 0.1) is 14.2 Å². The molecule has 6 heteroatoms. The van der Waals surface area contributed by atoms with Gasteiger partial charge in [-0.05, 0) is 24.3 Å². The highest BCUT2D eigenvalue weighted by Gasteiger charge is 2.24. The van der Waals surface area contributed by atoms with Gasteiger partial charge in [0.1, 0.15) is 17.1 Å². The summed E-state index contributed by atoms with van der Waals surface area (Å²) in [5.74, 6) is -0.412. The number of aromatic nitrogens is 1. The maximum Gasteiger partial charge on any atom is 0.266 e. The van der Waals surface area contributed by atoms with Crippen molar-refractivity contribution in [1.29, 1.82) is 0 Å². The Hall–Kier alpha value is -2.63. The second-order valence-corrected chi connectivity index (χ2v) is 4.21. The molecule has 0 radical (unpaired) electrons. The van der Waals surface area contributed by atoms with Crippen molar-refractivity contribution < 1.29 is 18.7 Å². The Bertz CT molecular complexity index is 639. The molecule has 2 aromatic rings. The minimum absolute atomic E-state index is 0.0598. The molecule has 0 atom stereocenters. The van der Waals surface area contributed by atoms with E-state index in [1.165, 1.54) is 39.6 Å². The number of amides is 1. The van der Waals surface area contributed by atoms with E-state index < -0.39 is 11.7 Å². The standard InChI is InChI=1S/C15H15FN2O3/c1-18(14-10(16)6-5-9-17-14)15(19)13-11(20-2)7-4-8-12(13)21-3/h4-9H,1-3H3. The Morgan fingerprint density at radius 1 is 1.14 bits per heavy atom. The van der Waals surface area contributed by atoms with Gasteiger partial charge in [-0.3, -0.25) is 9.69 Å². The first-order valence-corrected chi connectivity index (χ1v) is 6.19. The minimum atomic E-state index is -0.581. The molecule has 0 aliphatic rings. The Kier molecular flexibility index (Phi) is 4.37.